The first-order valence-corrected chi connectivity index (χ1v) is 9.39. The fraction of sp³-hybridized carbons (Fsp3) is 0.235. The minimum atomic E-state index is -0.571. The molecule has 1 aliphatic heterocycles. The Bertz CT molecular complexity index is 777. The molecule has 0 spiro atoms. The molecule has 0 saturated heterocycles. The molecule has 1 unspecified atom stereocenters. The number of nitrogens with one attached hydrogen (secondary N) is 2. The SMILES string of the molecule is O=C(COC(=O)CC1Sc2ccccc2NC1=O)NCc1cccs1. The van der Waals surface area contributed by atoms with Crippen molar-refractivity contribution in [2.45, 2.75) is 23.1 Å². The number of esters is 1. The van der Waals surface area contributed by atoms with Crippen molar-refractivity contribution in [3.63, 3.8) is 0 Å². The zero-order valence-corrected chi connectivity index (χ0v) is 14.8. The van der Waals surface area contributed by atoms with Crippen LogP contribution in [0.2, 0.25) is 0 Å². The van der Waals surface area contributed by atoms with Crippen LogP contribution in [-0.2, 0) is 25.7 Å². The van der Waals surface area contributed by atoms with E-state index in [0.717, 1.165) is 15.5 Å². The van der Waals surface area contributed by atoms with Gasteiger partial charge in [-0.25, -0.2) is 0 Å². The van der Waals surface area contributed by atoms with Crippen molar-refractivity contribution in [2.24, 2.45) is 0 Å². The number of rotatable bonds is 6. The topological polar surface area (TPSA) is 84.5 Å². The second kappa shape index (κ2) is 8.17. The van der Waals surface area contributed by atoms with Crippen LogP contribution >= 0.6 is 23.1 Å². The molecule has 0 radical (unpaired) electrons. The molecule has 2 aromatic rings. The highest BCUT2D eigenvalue weighted by Gasteiger charge is 2.29. The molecule has 2 N–H and O–H groups in total. The first kappa shape index (κ1) is 17.5. The molecule has 0 aliphatic carbocycles. The van der Waals surface area contributed by atoms with Gasteiger partial charge in [0, 0.05) is 9.77 Å². The summed E-state index contributed by atoms with van der Waals surface area (Å²) in [6.07, 6.45) is -0.0803. The number of thioether (sulfide) groups is 1. The normalized spacial score (nSPS) is 15.8. The summed E-state index contributed by atoms with van der Waals surface area (Å²) in [5.74, 6) is -1.17. The molecule has 0 saturated carbocycles. The summed E-state index contributed by atoms with van der Waals surface area (Å²) >= 11 is 2.86. The lowest BCUT2D eigenvalue weighted by Gasteiger charge is -2.23. The fourth-order valence-corrected chi connectivity index (χ4v) is 3.97. The standard InChI is InChI=1S/C17H16N2O4S2/c20-15(18-9-11-4-3-7-24-11)10-23-16(21)8-14-17(22)19-12-5-1-2-6-13(12)25-14/h1-7,14H,8-10H2,(H,18,20)(H,19,22). The predicted octanol–water partition coefficient (Wildman–Crippen LogP) is 2.41. The van der Waals surface area contributed by atoms with Gasteiger partial charge in [0.25, 0.3) is 5.91 Å². The molecule has 2 heterocycles. The van der Waals surface area contributed by atoms with E-state index in [9.17, 15) is 14.4 Å². The summed E-state index contributed by atoms with van der Waals surface area (Å²) < 4.78 is 4.97. The van der Waals surface area contributed by atoms with Gasteiger partial charge in [-0.15, -0.1) is 23.1 Å². The molecule has 130 valence electrons. The van der Waals surface area contributed by atoms with Crippen molar-refractivity contribution in [3.8, 4) is 0 Å². The van der Waals surface area contributed by atoms with Crippen molar-refractivity contribution in [1.82, 2.24) is 5.32 Å². The number of fused-ring (bicyclic) bond motifs is 1. The Kier molecular flexibility index (Phi) is 5.72. The summed E-state index contributed by atoms with van der Waals surface area (Å²) in [5, 5.41) is 6.81. The Morgan fingerprint density at radius 3 is 2.84 bits per heavy atom. The number of carbonyl (C=O) groups excluding carboxylic acids is 3. The van der Waals surface area contributed by atoms with Crippen LogP contribution in [0.1, 0.15) is 11.3 Å². The van der Waals surface area contributed by atoms with Gasteiger partial charge in [-0.05, 0) is 23.6 Å². The van der Waals surface area contributed by atoms with Gasteiger partial charge >= 0.3 is 5.97 Å². The van der Waals surface area contributed by atoms with Gasteiger partial charge in [-0.3, -0.25) is 14.4 Å². The minimum absolute atomic E-state index is 0.0803. The molecule has 6 nitrogen and oxygen atoms in total. The van der Waals surface area contributed by atoms with Crippen LogP contribution in [0.3, 0.4) is 0 Å². The van der Waals surface area contributed by atoms with Gasteiger partial charge in [-0.1, -0.05) is 18.2 Å². The van der Waals surface area contributed by atoms with Crippen LogP contribution in [0.5, 0.6) is 0 Å². The highest BCUT2D eigenvalue weighted by Crippen LogP contribution is 2.36. The molecule has 1 aromatic heterocycles. The van der Waals surface area contributed by atoms with E-state index in [2.05, 4.69) is 10.6 Å². The first-order valence-electron chi connectivity index (χ1n) is 7.63. The summed E-state index contributed by atoms with van der Waals surface area (Å²) in [6.45, 7) is 0.0610. The van der Waals surface area contributed by atoms with E-state index in [0.29, 0.717) is 6.54 Å². The van der Waals surface area contributed by atoms with Gasteiger partial charge in [0.2, 0.25) is 5.91 Å². The highest BCUT2D eigenvalue weighted by atomic mass is 32.2. The van der Waals surface area contributed by atoms with Crippen LogP contribution in [0, 0.1) is 0 Å². The number of hydrogen-bond acceptors (Lipinski definition) is 6. The molecule has 2 amide bonds. The van der Waals surface area contributed by atoms with Gasteiger partial charge in [0.1, 0.15) is 0 Å². The van der Waals surface area contributed by atoms with Gasteiger partial charge in [0.05, 0.1) is 23.9 Å². The van der Waals surface area contributed by atoms with E-state index in [1.54, 1.807) is 0 Å². The van der Waals surface area contributed by atoms with Crippen molar-refractivity contribution in [1.29, 1.82) is 0 Å². The molecule has 1 aliphatic rings. The molecular weight excluding hydrogens is 360 g/mol. The van der Waals surface area contributed by atoms with E-state index in [1.165, 1.54) is 23.1 Å². The number of carbonyl (C=O) groups is 3. The van der Waals surface area contributed by atoms with Gasteiger partial charge < -0.3 is 15.4 Å². The Balaban J connectivity index is 1.43. The molecule has 8 heteroatoms. The smallest absolute Gasteiger partial charge is 0.307 e. The lowest BCUT2D eigenvalue weighted by atomic mass is 10.2. The van der Waals surface area contributed by atoms with E-state index >= 15 is 0 Å². The van der Waals surface area contributed by atoms with E-state index in [1.807, 2.05) is 41.8 Å². The van der Waals surface area contributed by atoms with Crippen LogP contribution in [0.4, 0.5) is 5.69 Å². The quantitative estimate of drug-likeness (QED) is 0.757. The predicted molar refractivity (Wildman–Crippen MR) is 96.5 cm³/mol. The molecule has 1 atom stereocenters. The average Bonchev–Trinajstić information content (AvgIpc) is 3.12. The number of amides is 2. The third kappa shape index (κ3) is 4.83. The van der Waals surface area contributed by atoms with Crippen molar-refractivity contribution >= 4 is 46.6 Å². The van der Waals surface area contributed by atoms with Crippen LogP contribution in [-0.4, -0.2) is 29.6 Å². The Morgan fingerprint density at radius 1 is 1.20 bits per heavy atom. The second-order valence-electron chi connectivity index (χ2n) is 5.31. The van der Waals surface area contributed by atoms with Crippen LogP contribution in [0.25, 0.3) is 0 Å². The minimum Gasteiger partial charge on any atom is -0.456 e. The number of thiophene rings is 1. The third-order valence-electron chi connectivity index (χ3n) is 3.46. The van der Waals surface area contributed by atoms with Crippen LogP contribution in [0.15, 0.2) is 46.7 Å². The van der Waals surface area contributed by atoms with Crippen molar-refractivity contribution in [3.05, 3.63) is 46.7 Å². The summed E-state index contributed by atoms with van der Waals surface area (Å²) in [4.78, 5) is 37.6. The number of anilines is 1. The zero-order chi connectivity index (χ0) is 17.6. The average molecular weight is 376 g/mol. The number of benzene rings is 1. The lowest BCUT2D eigenvalue weighted by Crippen LogP contribution is -2.33. The number of ether oxygens (including phenoxy) is 1. The molecule has 3 rings (SSSR count). The maximum Gasteiger partial charge on any atom is 0.307 e. The number of hydrogen-bond donors (Lipinski definition) is 2. The van der Waals surface area contributed by atoms with E-state index < -0.39 is 11.2 Å². The van der Waals surface area contributed by atoms with E-state index in [4.69, 9.17) is 4.74 Å². The van der Waals surface area contributed by atoms with Gasteiger partial charge in [-0.2, -0.15) is 0 Å². The molecule has 1 aromatic carbocycles. The second-order valence-corrected chi connectivity index (χ2v) is 7.59. The van der Waals surface area contributed by atoms with Crippen molar-refractivity contribution in [2.75, 3.05) is 11.9 Å². The number of para-hydroxylation sites is 1. The molecular formula is C17H16N2O4S2. The molecule has 25 heavy (non-hydrogen) atoms. The molecule has 0 bridgehead atoms. The largest absolute Gasteiger partial charge is 0.456 e. The lowest BCUT2D eigenvalue weighted by molar-refractivity contribution is -0.149. The van der Waals surface area contributed by atoms with Crippen molar-refractivity contribution < 1.29 is 19.1 Å². The maximum absolute atomic E-state index is 12.0. The molecule has 0 fully saturated rings. The fourth-order valence-electron chi connectivity index (χ4n) is 2.23. The highest BCUT2D eigenvalue weighted by molar-refractivity contribution is 8.01. The summed E-state index contributed by atoms with van der Waals surface area (Å²) in [7, 11) is 0. The first-order chi connectivity index (χ1) is 12.1. The monoisotopic (exact) mass is 376 g/mol. The Labute approximate surface area is 152 Å². The Hall–Kier alpha value is -2.32. The zero-order valence-electron chi connectivity index (χ0n) is 13.2. The van der Waals surface area contributed by atoms with Gasteiger partial charge in [0.15, 0.2) is 6.61 Å². The maximum atomic E-state index is 12.0. The Morgan fingerprint density at radius 2 is 2.04 bits per heavy atom. The summed E-state index contributed by atoms with van der Waals surface area (Å²) in [5.41, 5.74) is 0.745. The summed E-state index contributed by atoms with van der Waals surface area (Å²) in [6, 6.07) is 11.2. The van der Waals surface area contributed by atoms with Crippen LogP contribution < -0.4 is 10.6 Å². The third-order valence-corrected chi connectivity index (χ3v) is 5.61. The van der Waals surface area contributed by atoms with E-state index in [-0.39, 0.29) is 24.8 Å².